The number of aryl methyl sites for hydroxylation is 2. The molecule has 2 aromatic rings. The van der Waals surface area contributed by atoms with Gasteiger partial charge in [0.05, 0.1) is 7.11 Å². The van der Waals surface area contributed by atoms with Gasteiger partial charge in [-0.05, 0) is 49.7 Å². The molecule has 0 aliphatic heterocycles. The molecule has 0 aliphatic rings. The predicted molar refractivity (Wildman–Crippen MR) is 78.6 cm³/mol. The van der Waals surface area contributed by atoms with Crippen LogP contribution in [0.5, 0.6) is 5.75 Å². The molecule has 0 aliphatic carbocycles. The van der Waals surface area contributed by atoms with Crippen molar-refractivity contribution in [2.75, 3.05) is 14.2 Å². The maximum Gasteiger partial charge on any atom is 0.118 e. The van der Waals surface area contributed by atoms with E-state index in [0.29, 0.717) is 6.04 Å². The quantitative estimate of drug-likeness (QED) is 0.862. The number of nitrogens with one attached hydrogen (secondary N) is 1. The van der Waals surface area contributed by atoms with Gasteiger partial charge in [-0.15, -0.1) is 0 Å². The molecule has 0 radical (unpaired) electrons. The van der Waals surface area contributed by atoms with Crippen LogP contribution in [0.4, 0.5) is 0 Å². The lowest BCUT2D eigenvalue weighted by atomic mass is 10.1. The van der Waals surface area contributed by atoms with Gasteiger partial charge in [0.15, 0.2) is 0 Å². The number of rotatable bonds is 6. The fourth-order valence-electron chi connectivity index (χ4n) is 2.07. The second-order valence-corrected chi connectivity index (χ2v) is 4.79. The summed E-state index contributed by atoms with van der Waals surface area (Å²) in [5, 5.41) is 3.25. The summed E-state index contributed by atoms with van der Waals surface area (Å²) in [6.45, 7) is 3.17. The van der Waals surface area contributed by atoms with Gasteiger partial charge < -0.3 is 14.6 Å². The van der Waals surface area contributed by atoms with Gasteiger partial charge in [0, 0.05) is 25.0 Å². The minimum Gasteiger partial charge on any atom is -0.497 e. The Morgan fingerprint density at radius 1 is 1.21 bits per heavy atom. The molecular formula is C16H22N2O. The van der Waals surface area contributed by atoms with E-state index >= 15 is 0 Å². The fraction of sp³-hybridized carbons (Fsp3) is 0.375. The van der Waals surface area contributed by atoms with Gasteiger partial charge >= 0.3 is 0 Å². The van der Waals surface area contributed by atoms with Gasteiger partial charge in [-0.25, -0.2) is 0 Å². The first-order valence-electron chi connectivity index (χ1n) is 6.69. The molecule has 3 nitrogen and oxygen atoms in total. The Kier molecular flexibility index (Phi) is 4.63. The lowest BCUT2D eigenvalue weighted by Gasteiger charge is -2.07. The van der Waals surface area contributed by atoms with E-state index in [1.165, 1.54) is 11.1 Å². The smallest absolute Gasteiger partial charge is 0.118 e. The Bertz CT molecular complexity index is 502. The van der Waals surface area contributed by atoms with E-state index in [9.17, 15) is 0 Å². The average Bonchev–Trinajstić information content (AvgIpc) is 2.93. The molecule has 1 N–H and O–H groups in total. The maximum atomic E-state index is 5.16. The monoisotopic (exact) mass is 258 g/mol. The average molecular weight is 258 g/mol. The second kappa shape index (κ2) is 6.43. The van der Waals surface area contributed by atoms with E-state index in [-0.39, 0.29) is 0 Å². The topological polar surface area (TPSA) is 26.2 Å². The highest BCUT2D eigenvalue weighted by Crippen LogP contribution is 2.14. The summed E-state index contributed by atoms with van der Waals surface area (Å²) in [7, 11) is 3.68. The largest absolute Gasteiger partial charge is 0.497 e. The van der Waals surface area contributed by atoms with Crippen molar-refractivity contribution in [3.8, 4) is 5.75 Å². The van der Waals surface area contributed by atoms with Crippen molar-refractivity contribution < 1.29 is 4.74 Å². The lowest BCUT2D eigenvalue weighted by Crippen LogP contribution is -2.11. The fourth-order valence-corrected chi connectivity index (χ4v) is 2.07. The van der Waals surface area contributed by atoms with E-state index in [2.05, 4.69) is 47.4 Å². The number of aromatic nitrogens is 1. The first-order valence-corrected chi connectivity index (χ1v) is 6.69. The predicted octanol–water partition coefficient (Wildman–Crippen LogP) is 3.02. The van der Waals surface area contributed by atoms with Crippen molar-refractivity contribution in [2.45, 2.75) is 25.9 Å². The second-order valence-electron chi connectivity index (χ2n) is 4.79. The van der Waals surface area contributed by atoms with Gasteiger partial charge in [-0.2, -0.15) is 0 Å². The Labute approximate surface area is 115 Å². The van der Waals surface area contributed by atoms with Crippen molar-refractivity contribution in [1.82, 2.24) is 9.88 Å². The summed E-state index contributed by atoms with van der Waals surface area (Å²) in [6, 6.07) is 10.9. The molecule has 102 valence electrons. The third-order valence-corrected chi connectivity index (χ3v) is 3.52. The molecule has 0 spiro atoms. The summed E-state index contributed by atoms with van der Waals surface area (Å²) < 4.78 is 7.41. The summed E-state index contributed by atoms with van der Waals surface area (Å²) in [4.78, 5) is 0. The van der Waals surface area contributed by atoms with Crippen molar-refractivity contribution in [1.29, 1.82) is 0 Å². The third-order valence-electron chi connectivity index (χ3n) is 3.52. The number of hydrogen-bond donors (Lipinski definition) is 1. The van der Waals surface area contributed by atoms with Crippen LogP contribution in [0.1, 0.15) is 24.1 Å². The normalized spacial score (nSPS) is 12.4. The van der Waals surface area contributed by atoms with Gasteiger partial charge in [0.1, 0.15) is 5.75 Å². The zero-order valence-corrected chi connectivity index (χ0v) is 11.9. The van der Waals surface area contributed by atoms with Gasteiger partial charge in [0.2, 0.25) is 0 Å². The highest BCUT2D eigenvalue weighted by atomic mass is 16.5. The van der Waals surface area contributed by atoms with E-state index in [0.717, 1.165) is 18.7 Å². The molecule has 1 unspecified atom stereocenters. The number of methoxy groups -OCH3 is 1. The van der Waals surface area contributed by atoms with Crippen LogP contribution in [-0.4, -0.2) is 18.7 Å². The zero-order chi connectivity index (χ0) is 13.7. The van der Waals surface area contributed by atoms with Crippen LogP contribution in [0.25, 0.3) is 0 Å². The van der Waals surface area contributed by atoms with Crippen LogP contribution in [0, 0.1) is 0 Å². The number of hydrogen-bond acceptors (Lipinski definition) is 2. The molecular weight excluding hydrogens is 236 g/mol. The number of benzene rings is 1. The molecule has 1 aromatic carbocycles. The van der Waals surface area contributed by atoms with Gasteiger partial charge in [-0.1, -0.05) is 12.1 Å². The van der Waals surface area contributed by atoms with E-state index < -0.39 is 0 Å². The molecule has 0 saturated heterocycles. The third kappa shape index (κ3) is 3.61. The van der Waals surface area contributed by atoms with Crippen molar-refractivity contribution in [3.05, 3.63) is 53.9 Å². The first-order chi connectivity index (χ1) is 9.22. The Morgan fingerprint density at radius 3 is 2.58 bits per heavy atom. The molecule has 1 atom stereocenters. The van der Waals surface area contributed by atoms with Crippen LogP contribution in [0.3, 0.4) is 0 Å². The van der Waals surface area contributed by atoms with Crippen LogP contribution in [0.2, 0.25) is 0 Å². The zero-order valence-electron chi connectivity index (χ0n) is 11.9. The Morgan fingerprint density at radius 2 is 1.95 bits per heavy atom. The molecule has 1 aromatic heterocycles. The first kappa shape index (κ1) is 13.7. The van der Waals surface area contributed by atoms with Crippen LogP contribution >= 0.6 is 0 Å². The van der Waals surface area contributed by atoms with Crippen LogP contribution < -0.4 is 10.1 Å². The molecule has 0 fully saturated rings. The summed E-state index contributed by atoms with van der Waals surface area (Å²) in [6.07, 6.45) is 5.39. The summed E-state index contributed by atoms with van der Waals surface area (Å²) in [5.41, 5.74) is 2.66. The molecule has 1 heterocycles. The minimum absolute atomic E-state index is 0.405. The van der Waals surface area contributed by atoms with Crippen LogP contribution in [-0.2, 0) is 13.0 Å². The van der Waals surface area contributed by atoms with Gasteiger partial charge in [-0.3, -0.25) is 0 Å². The van der Waals surface area contributed by atoms with Crippen LogP contribution in [0.15, 0.2) is 42.7 Å². The highest BCUT2D eigenvalue weighted by Gasteiger charge is 2.04. The van der Waals surface area contributed by atoms with Gasteiger partial charge in [0.25, 0.3) is 0 Å². The minimum atomic E-state index is 0.405. The van der Waals surface area contributed by atoms with Crippen molar-refractivity contribution in [3.63, 3.8) is 0 Å². The molecule has 2 rings (SSSR count). The van der Waals surface area contributed by atoms with Crippen molar-refractivity contribution >= 4 is 0 Å². The van der Waals surface area contributed by atoms with E-state index in [1.807, 2.05) is 19.2 Å². The number of nitrogens with zero attached hydrogens (tertiary/aromatic N) is 1. The molecule has 3 heteroatoms. The highest BCUT2D eigenvalue weighted by molar-refractivity contribution is 5.27. The molecule has 19 heavy (non-hydrogen) atoms. The molecule has 0 bridgehead atoms. The standard InChI is InChI=1S/C16H22N2O/c1-13(17-2)15-9-11-18(12-15)10-8-14-4-6-16(19-3)7-5-14/h4-7,9,11-13,17H,8,10H2,1-3H3. The summed E-state index contributed by atoms with van der Waals surface area (Å²) >= 11 is 0. The Hall–Kier alpha value is -1.74. The van der Waals surface area contributed by atoms with Crippen molar-refractivity contribution in [2.24, 2.45) is 0 Å². The lowest BCUT2D eigenvalue weighted by molar-refractivity contribution is 0.414. The molecule has 0 saturated carbocycles. The molecule has 0 amide bonds. The SMILES string of the molecule is CNC(C)c1ccn(CCc2ccc(OC)cc2)c1. The summed E-state index contributed by atoms with van der Waals surface area (Å²) in [5.74, 6) is 0.912. The van der Waals surface area contributed by atoms with E-state index in [1.54, 1.807) is 7.11 Å². The number of ether oxygens (including phenoxy) is 1. The maximum absolute atomic E-state index is 5.16. The van der Waals surface area contributed by atoms with E-state index in [4.69, 9.17) is 4.74 Å². The Balaban J connectivity index is 1.92.